The Balaban J connectivity index is 1.87. The lowest BCUT2D eigenvalue weighted by Crippen LogP contribution is -2.37. The smallest absolute Gasteiger partial charge is 0.270 e. The summed E-state index contributed by atoms with van der Waals surface area (Å²) in [6.45, 7) is 5.20. The van der Waals surface area contributed by atoms with Crippen molar-refractivity contribution in [3.05, 3.63) is 24.0 Å². The van der Waals surface area contributed by atoms with Gasteiger partial charge in [-0.05, 0) is 31.5 Å². The van der Waals surface area contributed by atoms with E-state index >= 15 is 0 Å². The first-order valence-corrected chi connectivity index (χ1v) is 6.37. The van der Waals surface area contributed by atoms with Crippen LogP contribution in [0.15, 0.2) is 18.3 Å². The van der Waals surface area contributed by atoms with Crippen molar-refractivity contribution in [1.29, 1.82) is 0 Å². The molecule has 1 aliphatic heterocycles. The molecule has 5 heteroatoms. The summed E-state index contributed by atoms with van der Waals surface area (Å²) in [7, 11) is 0. The minimum atomic E-state index is -0.168. The van der Waals surface area contributed by atoms with Crippen molar-refractivity contribution in [2.24, 2.45) is 0 Å². The van der Waals surface area contributed by atoms with Crippen LogP contribution in [0.1, 0.15) is 30.3 Å². The highest BCUT2D eigenvalue weighted by molar-refractivity contribution is 5.92. The third-order valence-corrected chi connectivity index (χ3v) is 3.13. The summed E-state index contributed by atoms with van der Waals surface area (Å²) in [5, 5.41) is 12.1. The number of nitrogens with zero attached hydrogens (tertiary/aromatic N) is 2. The van der Waals surface area contributed by atoms with Gasteiger partial charge >= 0.3 is 0 Å². The molecule has 2 rings (SSSR count). The van der Waals surface area contributed by atoms with Crippen LogP contribution in [-0.2, 0) is 0 Å². The number of nitrogens with one attached hydrogen (secondary N) is 1. The first-order valence-electron chi connectivity index (χ1n) is 6.37. The molecule has 2 heterocycles. The number of aromatic nitrogens is 1. The highest BCUT2D eigenvalue weighted by Gasteiger charge is 2.23. The second-order valence-electron chi connectivity index (χ2n) is 4.66. The van der Waals surface area contributed by atoms with E-state index in [0.29, 0.717) is 5.69 Å². The van der Waals surface area contributed by atoms with E-state index in [1.165, 1.54) is 18.3 Å². The molecule has 0 aromatic carbocycles. The Morgan fingerprint density at radius 3 is 3.11 bits per heavy atom. The topological polar surface area (TPSA) is 65.5 Å². The van der Waals surface area contributed by atoms with E-state index < -0.39 is 0 Å². The molecule has 0 bridgehead atoms. The predicted octanol–water partition coefficient (Wildman–Crippen LogP) is 1.00. The Morgan fingerprint density at radius 1 is 1.61 bits per heavy atom. The molecule has 1 aromatic rings. The fourth-order valence-corrected chi connectivity index (χ4v) is 2.25. The van der Waals surface area contributed by atoms with E-state index in [1.54, 1.807) is 0 Å². The van der Waals surface area contributed by atoms with Gasteiger partial charge < -0.3 is 15.3 Å². The molecule has 0 unspecified atom stereocenters. The Bertz CT molecular complexity index is 405. The number of pyridine rings is 1. The molecule has 98 valence electrons. The normalized spacial score (nSPS) is 19.9. The van der Waals surface area contributed by atoms with Crippen LogP contribution in [0.5, 0.6) is 5.75 Å². The summed E-state index contributed by atoms with van der Waals surface area (Å²) in [5.41, 5.74) is 0.349. The Morgan fingerprint density at radius 2 is 2.44 bits per heavy atom. The lowest BCUT2D eigenvalue weighted by molar-refractivity contribution is 0.0932. The van der Waals surface area contributed by atoms with Gasteiger partial charge in [0.1, 0.15) is 11.4 Å². The predicted molar refractivity (Wildman–Crippen MR) is 68.5 cm³/mol. The third kappa shape index (κ3) is 3.20. The van der Waals surface area contributed by atoms with Gasteiger partial charge in [-0.25, -0.2) is 4.98 Å². The molecule has 0 radical (unpaired) electrons. The molecule has 0 spiro atoms. The average Bonchev–Trinajstić information content (AvgIpc) is 2.78. The zero-order valence-electron chi connectivity index (χ0n) is 10.6. The fraction of sp³-hybridized carbons (Fsp3) is 0.538. The van der Waals surface area contributed by atoms with Crippen LogP contribution in [-0.4, -0.2) is 46.6 Å². The van der Waals surface area contributed by atoms with E-state index in [4.69, 9.17) is 5.11 Å². The molecule has 1 aromatic heterocycles. The Hall–Kier alpha value is -1.62. The molecular weight excluding hydrogens is 230 g/mol. The van der Waals surface area contributed by atoms with Gasteiger partial charge in [0.2, 0.25) is 0 Å². The van der Waals surface area contributed by atoms with Crippen LogP contribution >= 0.6 is 0 Å². The van der Waals surface area contributed by atoms with Gasteiger partial charge in [0.15, 0.2) is 0 Å². The monoisotopic (exact) mass is 249 g/mol. The first-order chi connectivity index (χ1) is 8.69. The summed E-state index contributed by atoms with van der Waals surface area (Å²) in [4.78, 5) is 18.2. The van der Waals surface area contributed by atoms with Crippen LogP contribution in [0.4, 0.5) is 0 Å². The number of hydrogen-bond acceptors (Lipinski definition) is 4. The standard InChI is InChI=1S/C13H19N3O2/c1-2-6-16-7-5-10(9-16)15-13(18)12-4-3-11(17)8-14-12/h3-4,8,10,17H,2,5-7,9H2,1H3,(H,15,18)/t10-/m1/s1. The van der Waals surface area contributed by atoms with Crippen molar-refractivity contribution in [1.82, 2.24) is 15.2 Å². The number of amides is 1. The number of carbonyl (C=O) groups excluding carboxylic acids is 1. The molecule has 1 amide bonds. The number of carbonyl (C=O) groups is 1. The molecule has 1 fully saturated rings. The SMILES string of the molecule is CCCN1CC[C@@H](NC(=O)c2ccc(O)cn2)C1. The van der Waals surface area contributed by atoms with Gasteiger partial charge in [0.05, 0.1) is 6.20 Å². The van der Waals surface area contributed by atoms with Gasteiger partial charge in [0.25, 0.3) is 5.91 Å². The summed E-state index contributed by atoms with van der Waals surface area (Å²) in [6, 6.07) is 3.21. The number of rotatable bonds is 4. The zero-order valence-corrected chi connectivity index (χ0v) is 10.6. The number of likely N-dealkylation sites (tertiary alicyclic amines) is 1. The lowest BCUT2D eigenvalue weighted by atomic mass is 10.2. The molecule has 1 atom stereocenters. The van der Waals surface area contributed by atoms with E-state index in [2.05, 4.69) is 22.1 Å². The van der Waals surface area contributed by atoms with Gasteiger partial charge in [-0.1, -0.05) is 6.92 Å². The molecule has 5 nitrogen and oxygen atoms in total. The van der Waals surface area contributed by atoms with Crippen LogP contribution in [0.3, 0.4) is 0 Å². The van der Waals surface area contributed by atoms with Gasteiger partial charge in [-0.15, -0.1) is 0 Å². The van der Waals surface area contributed by atoms with Gasteiger partial charge in [-0.3, -0.25) is 4.79 Å². The maximum Gasteiger partial charge on any atom is 0.270 e. The van der Waals surface area contributed by atoms with E-state index in [9.17, 15) is 4.79 Å². The van der Waals surface area contributed by atoms with Crippen molar-refractivity contribution in [3.8, 4) is 5.75 Å². The molecule has 0 saturated carbocycles. The molecular formula is C13H19N3O2. The number of aromatic hydroxyl groups is 1. The molecule has 1 aliphatic rings. The van der Waals surface area contributed by atoms with E-state index in [0.717, 1.165) is 32.5 Å². The average molecular weight is 249 g/mol. The molecule has 1 saturated heterocycles. The minimum Gasteiger partial charge on any atom is -0.506 e. The second-order valence-corrected chi connectivity index (χ2v) is 4.66. The largest absolute Gasteiger partial charge is 0.506 e. The van der Waals surface area contributed by atoms with Crippen LogP contribution < -0.4 is 5.32 Å². The van der Waals surface area contributed by atoms with E-state index in [1.807, 2.05) is 0 Å². The Labute approximate surface area is 107 Å². The van der Waals surface area contributed by atoms with Crippen LogP contribution in [0, 0.1) is 0 Å². The van der Waals surface area contributed by atoms with Crippen molar-refractivity contribution < 1.29 is 9.90 Å². The summed E-state index contributed by atoms with van der Waals surface area (Å²) in [6.07, 6.45) is 3.41. The van der Waals surface area contributed by atoms with Gasteiger partial charge in [0, 0.05) is 19.1 Å². The van der Waals surface area contributed by atoms with Crippen molar-refractivity contribution in [2.45, 2.75) is 25.8 Å². The summed E-state index contributed by atoms with van der Waals surface area (Å²) in [5.74, 6) is -0.0973. The van der Waals surface area contributed by atoms with Crippen molar-refractivity contribution in [2.75, 3.05) is 19.6 Å². The molecule has 18 heavy (non-hydrogen) atoms. The minimum absolute atomic E-state index is 0.0709. The Kier molecular flexibility index (Phi) is 4.15. The third-order valence-electron chi connectivity index (χ3n) is 3.13. The summed E-state index contributed by atoms with van der Waals surface area (Å²) < 4.78 is 0. The highest BCUT2D eigenvalue weighted by Crippen LogP contribution is 2.11. The van der Waals surface area contributed by atoms with Crippen molar-refractivity contribution >= 4 is 5.91 Å². The van der Waals surface area contributed by atoms with E-state index in [-0.39, 0.29) is 17.7 Å². The fourth-order valence-electron chi connectivity index (χ4n) is 2.25. The number of hydrogen-bond donors (Lipinski definition) is 2. The highest BCUT2D eigenvalue weighted by atomic mass is 16.3. The second kappa shape index (κ2) is 5.82. The molecule has 0 aliphatic carbocycles. The molecule has 2 N–H and O–H groups in total. The van der Waals surface area contributed by atoms with Gasteiger partial charge in [-0.2, -0.15) is 0 Å². The van der Waals surface area contributed by atoms with Crippen LogP contribution in [0.2, 0.25) is 0 Å². The maximum atomic E-state index is 11.9. The zero-order chi connectivity index (χ0) is 13.0. The lowest BCUT2D eigenvalue weighted by Gasteiger charge is -2.15. The van der Waals surface area contributed by atoms with Crippen LogP contribution in [0.25, 0.3) is 0 Å². The first kappa shape index (κ1) is 12.8. The van der Waals surface area contributed by atoms with Crippen molar-refractivity contribution in [3.63, 3.8) is 0 Å². The maximum absolute atomic E-state index is 11.9. The quantitative estimate of drug-likeness (QED) is 0.835. The summed E-state index contributed by atoms with van der Waals surface area (Å²) >= 11 is 0.